The summed E-state index contributed by atoms with van der Waals surface area (Å²) in [6, 6.07) is 17.1. The second-order valence-corrected chi connectivity index (χ2v) is 7.80. The number of amides is 1. The normalized spacial score (nSPS) is 12.0. The Labute approximate surface area is 169 Å². The maximum atomic E-state index is 12.3. The molecule has 0 aliphatic carbocycles. The Morgan fingerprint density at radius 2 is 1.96 bits per heavy atom. The van der Waals surface area contributed by atoms with Crippen LogP contribution in [0.1, 0.15) is 0 Å². The van der Waals surface area contributed by atoms with Crippen molar-refractivity contribution in [3.63, 3.8) is 0 Å². The first-order valence-corrected chi connectivity index (χ1v) is 9.73. The minimum Gasteiger partial charge on any atom is -0.482 e. The average Bonchev–Trinajstić information content (AvgIpc) is 2.97. The van der Waals surface area contributed by atoms with Gasteiger partial charge < -0.3 is 9.30 Å². The Hall–Kier alpha value is -2.34. The Kier molecular flexibility index (Phi) is 4.91. The molecule has 1 heterocycles. The number of halogens is 2. The van der Waals surface area contributed by atoms with Gasteiger partial charge in [-0.3, -0.25) is 4.79 Å². The number of thiazole rings is 1. The summed E-state index contributed by atoms with van der Waals surface area (Å²) in [5.74, 6) is 0.0174. The highest BCUT2D eigenvalue weighted by Gasteiger charge is 2.10. The zero-order valence-corrected chi connectivity index (χ0v) is 16.6. The van der Waals surface area contributed by atoms with E-state index >= 15 is 0 Å². The summed E-state index contributed by atoms with van der Waals surface area (Å²) in [5.41, 5.74) is 1.06. The van der Waals surface area contributed by atoms with E-state index in [0.29, 0.717) is 20.6 Å². The van der Waals surface area contributed by atoms with E-state index in [4.69, 9.17) is 27.9 Å². The van der Waals surface area contributed by atoms with E-state index in [-0.39, 0.29) is 12.5 Å². The Balaban J connectivity index is 1.65. The molecule has 0 bridgehead atoms. The Morgan fingerprint density at radius 3 is 2.78 bits per heavy atom. The quantitative estimate of drug-likeness (QED) is 0.460. The van der Waals surface area contributed by atoms with Gasteiger partial charge in [0, 0.05) is 17.5 Å². The number of fused-ring (bicyclic) bond motifs is 3. The van der Waals surface area contributed by atoms with Crippen molar-refractivity contribution in [1.29, 1.82) is 0 Å². The molecule has 0 aliphatic rings. The fourth-order valence-electron chi connectivity index (χ4n) is 2.89. The molecular weight excluding hydrogens is 403 g/mol. The number of hydrogen-bond acceptors (Lipinski definition) is 3. The topological polar surface area (TPSA) is 43.6 Å². The highest BCUT2D eigenvalue weighted by molar-refractivity contribution is 7.16. The monoisotopic (exact) mass is 416 g/mol. The molecule has 0 fully saturated rings. The van der Waals surface area contributed by atoms with Gasteiger partial charge in [0.05, 0.1) is 15.2 Å². The van der Waals surface area contributed by atoms with Crippen LogP contribution in [-0.4, -0.2) is 17.1 Å². The number of carbonyl (C=O) groups excluding carboxylic acids is 1. The van der Waals surface area contributed by atoms with Crippen molar-refractivity contribution < 1.29 is 9.53 Å². The van der Waals surface area contributed by atoms with Crippen molar-refractivity contribution in [2.45, 2.75) is 0 Å². The lowest BCUT2D eigenvalue weighted by Crippen LogP contribution is -2.17. The molecule has 0 atom stereocenters. The van der Waals surface area contributed by atoms with E-state index in [1.165, 1.54) is 11.3 Å². The summed E-state index contributed by atoms with van der Waals surface area (Å²) in [6.07, 6.45) is 0. The van der Waals surface area contributed by atoms with Crippen LogP contribution in [0.25, 0.3) is 21.0 Å². The van der Waals surface area contributed by atoms with Gasteiger partial charge in [-0.25, -0.2) is 0 Å². The van der Waals surface area contributed by atoms with E-state index in [0.717, 1.165) is 21.0 Å². The van der Waals surface area contributed by atoms with Gasteiger partial charge >= 0.3 is 0 Å². The smallest absolute Gasteiger partial charge is 0.286 e. The molecule has 0 N–H and O–H groups in total. The van der Waals surface area contributed by atoms with Gasteiger partial charge in [-0.15, -0.1) is 0 Å². The molecule has 136 valence electrons. The molecular formula is C20H14Cl2N2O2S. The third-order valence-corrected chi connectivity index (χ3v) is 5.78. The first kappa shape index (κ1) is 18.0. The van der Waals surface area contributed by atoms with E-state index in [2.05, 4.69) is 29.3 Å². The maximum absolute atomic E-state index is 12.3. The lowest BCUT2D eigenvalue weighted by molar-refractivity contribution is -0.120. The molecule has 4 nitrogen and oxygen atoms in total. The fraction of sp³-hybridized carbons (Fsp3) is 0.100. The van der Waals surface area contributed by atoms with Crippen LogP contribution in [0.2, 0.25) is 10.0 Å². The lowest BCUT2D eigenvalue weighted by atomic mass is 10.1. The summed E-state index contributed by atoms with van der Waals surface area (Å²) >= 11 is 13.4. The SMILES string of the molecule is Cn1c(=NC(=O)COc2ccc(Cl)cc2Cl)sc2ccc3ccccc3c21. The van der Waals surface area contributed by atoms with Gasteiger partial charge in [-0.2, -0.15) is 4.99 Å². The zero-order valence-electron chi connectivity index (χ0n) is 14.3. The van der Waals surface area contributed by atoms with E-state index in [1.807, 2.05) is 23.7 Å². The van der Waals surface area contributed by atoms with Gasteiger partial charge in [0.1, 0.15) is 5.75 Å². The average molecular weight is 417 g/mol. The van der Waals surface area contributed by atoms with Gasteiger partial charge in [0.15, 0.2) is 11.4 Å². The Bertz CT molecular complexity index is 1240. The summed E-state index contributed by atoms with van der Waals surface area (Å²) in [5, 5.41) is 3.14. The molecule has 0 aliphatic heterocycles. The van der Waals surface area contributed by atoms with Crippen molar-refractivity contribution in [3.8, 4) is 5.75 Å². The molecule has 3 aromatic carbocycles. The molecule has 0 spiro atoms. The molecule has 0 saturated carbocycles. The third kappa shape index (κ3) is 3.58. The number of benzene rings is 3. The molecule has 27 heavy (non-hydrogen) atoms. The molecule has 1 aromatic heterocycles. The largest absolute Gasteiger partial charge is 0.482 e. The molecule has 0 radical (unpaired) electrons. The number of hydrogen-bond donors (Lipinski definition) is 0. The summed E-state index contributed by atoms with van der Waals surface area (Å²) in [4.78, 5) is 17.1. The molecule has 0 saturated heterocycles. The van der Waals surface area contributed by atoms with Crippen LogP contribution in [0.15, 0.2) is 59.6 Å². The number of rotatable bonds is 3. The fourth-order valence-corrected chi connectivity index (χ4v) is 4.41. The summed E-state index contributed by atoms with van der Waals surface area (Å²) in [6.45, 7) is -0.198. The molecule has 4 rings (SSSR count). The molecule has 1 amide bonds. The highest BCUT2D eigenvalue weighted by Crippen LogP contribution is 2.28. The minimum atomic E-state index is -0.382. The molecule has 4 aromatic rings. The number of nitrogens with zero attached hydrogens (tertiary/aromatic N) is 2. The first-order chi connectivity index (χ1) is 13.0. The van der Waals surface area contributed by atoms with E-state index < -0.39 is 0 Å². The van der Waals surface area contributed by atoms with Crippen molar-refractivity contribution in [3.05, 3.63) is 69.4 Å². The van der Waals surface area contributed by atoms with Crippen molar-refractivity contribution in [2.75, 3.05) is 6.61 Å². The van der Waals surface area contributed by atoms with Crippen LogP contribution in [0.5, 0.6) is 5.75 Å². The Morgan fingerprint density at radius 1 is 1.15 bits per heavy atom. The highest BCUT2D eigenvalue weighted by atomic mass is 35.5. The van der Waals surface area contributed by atoms with Crippen molar-refractivity contribution >= 4 is 61.4 Å². The van der Waals surface area contributed by atoms with Gasteiger partial charge in [0.25, 0.3) is 5.91 Å². The van der Waals surface area contributed by atoms with Gasteiger partial charge in [-0.05, 0) is 29.7 Å². The number of carbonyl (C=O) groups is 1. The zero-order chi connectivity index (χ0) is 19.0. The molecule has 7 heteroatoms. The first-order valence-electron chi connectivity index (χ1n) is 8.15. The van der Waals surface area contributed by atoms with E-state index in [1.54, 1.807) is 18.2 Å². The molecule has 0 unspecified atom stereocenters. The standard InChI is InChI=1S/C20H14Cl2N2O2S/c1-24-19-14-5-3-2-4-12(14)6-9-17(19)27-20(24)23-18(25)11-26-16-8-7-13(21)10-15(16)22/h2-10H,11H2,1H3. The predicted molar refractivity (Wildman–Crippen MR) is 111 cm³/mol. The van der Waals surface area contributed by atoms with Crippen LogP contribution in [0.3, 0.4) is 0 Å². The second-order valence-electron chi connectivity index (χ2n) is 5.95. The number of aryl methyl sites for hydroxylation is 1. The van der Waals surface area contributed by atoms with Gasteiger partial charge in [-0.1, -0.05) is 64.9 Å². The maximum Gasteiger partial charge on any atom is 0.286 e. The van der Waals surface area contributed by atoms with Crippen LogP contribution in [-0.2, 0) is 11.8 Å². The third-order valence-electron chi connectivity index (χ3n) is 4.15. The van der Waals surface area contributed by atoms with Crippen molar-refractivity contribution in [1.82, 2.24) is 4.57 Å². The number of aromatic nitrogens is 1. The van der Waals surface area contributed by atoms with Gasteiger partial charge in [0.2, 0.25) is 0 Å². The van der Waals surface area contributed by atoms with Crippen LogP contribution in [0.4, 0.5) is 0 Å². The lowest BCUT2D eigenvalue weighted by Gasteiger charge is -2.05. The minimum absolute atomic E-state index is 0.198. The van der Waals surface area contributed by atoms with E-state index in [9.17, 15) is 4.79 Å². The predicted octanol–water partition coefficient (Wildman–Crippen LogP) is 5.21. The van der Waals surface area contributed by atoms with Crippen LogP contribution < -0.4 is 9.54 Å². The van der Waals surface area contributed by atoms with Crippen molar-refractivity contribution in [2.24, 2.45) is 12.0 Å². The summed E-state index contributed by atoms with van der Waals surface area (Å²) in [7, 11) is 1.91. The van der Waals surface area contributed by atoms with Crippen LogP contribution in [0, 0.1) is 0 Å². The second kappa shape index (κ2) is 7.35. The van der Waals surface area contributed by atoms with Crippen LogP contribution >= 0.6 is 34.5 Å². The number of ether oxygens (including phenoxy) is 1. The summed E-state index contributed by atoms with van der Waals surface area (Å²) < 4.78 is 8.48.